The van der Waals surface area contributed by atoms with Crippen molar-refractivity contribution >= 4 is 5.69 Å². The van der Waals surface area contributed by atoms with E-state index in [-0.39, 0.29) is 11.5 Å². The van der Waals surface area contributed by atoms with Gasteiger partial charge in [0.1, 0.15) is 5.82 Å². The Bertz CT molecular complexity index is 351. The molecule has 0 spiro atoms. The van der Waals surface area contributed by atoms with Crippen LogP contribution >= 0.6 is 0 Å². The van der Waals surface area contributed by atoms with E-state index >= 15 is 0 Å². The van der Waals surface area contributed by atoms with Crippen molar-refractivity contribution in [2.24, 2.45) is 5.92 Å². The number of hydrogen-bond donors (Lipinski definition) is 2. The maximum absolute atomic E-state index is 13.1. The number of rotatable bonds is 4. The molecule has 0 amide bonds. The van der Waals surface area contributed by atoms with Crippen LogP contribution in [0.3, 0.4) is 0 Å². The first-order chi connectivity index (χ1) is 7.75. The fourth-order valence-electron chi connectivity index (χ4n) is 1.85. The summed E-state index contributed by atoms with van der Waals surface area (Å²) >= 11 is 0. The van der Waals surface area contributed by atoms with E-state index in [4.69, 9.17) is 10.5 Å². The predicted molar refractivity (Wildman–Crippen MR) is 61.4 cm³/mol. The molecule has 16 heavy (non-hydrogen) atoms. The van der Waals surface area contributed by atoms with Crippen molar-refractivity contribution in [1.29, 1.82) is 0 Å². The maximum Gasteiger partial charge on any atom is 0.146 e. The number of benzene rings is 1. The largest absolute Gasteiger partial charge is 0.396 e. The Hall–Kier alpha value is -1.13. The molecule has 0 bridgehead atoms. The topological polar surface area (TPSA) is 47.3 Å². The van der Waals surface area contributed by atoms with Crippen LogP contribution in [0.1, 0.15) is 12.0 Å². The third-order valence-corrected chi connectivity index (χ3v) is 2.85. The number of nitrogens with one attached hydrogen (secondary N) is 1. The molecule has 1 unspecified atom stereocenters. The van der Waals surface area contributed by atoms with Crippen LogP contribution in [-0.4, -0.2) is 19.8 Å². The summed E-state index contributed by atoms with van der Waals surface area (Å²) in [5, 5.41) is 3.30. The van der Waals surface area contributed by atoms with Gasteiger partial charge >= 0.3 is 0 Å². The third kappa shape index (κ3) is 2.93. The summed E-state index contributed by atoms with van der Waals surface area (Å²) in [6.45, 7) is 3.30. The SMILES string of the molecule is Nc1ccc(CNCC2CCOC2)cc1F. The van der Waals surface area contributed by atoms with Gasteiger partial charge in [0.15, 0.2) is 0 Å². The summed E-state index contributed by atoms with van der Waals surface area (Å²) in [5.41, 5.74) is 6.53. The minimum absolute atomic E-state index is 0.202. The van der Waals surface area contributed by atoms with E-state index in [1.54, 1.807) is 6.07 Å². The van der Waals surface area contributed by atoms with Gasteiger partial charge < -0.3 is 15.8 Å². The van der Waals surface area contributed by atoms with Gasteiger partial charge in [-0.05, 0) is 30.0 Å². The molecule has 1 aromatic carbocycles. The Balaban J connectivity index is 1.78. The Morgan fingerprint density at radius 1 is 1.50 bits per heavy atom. The fraction of sp³-hybridized carbons (Fsp3) is 0.500. The second-order valence-corrected chi connectivity index (χ2v) is 4.22. The molecule has 0 aliphatic carbocycles. The van der Waals surface area contributed by atoms with Gasteiger partial charge in [-0.1, -0.05) is 6.07 Å². The lowest BCUT2D eigenvalue weighted by atomic mass is 10.1. The minimum Gasteiger partial charge on any atom is -0.396 e. The van der Waals surface area contributed by atoms with E-state index in [9.17, 15) is 4.39 Å². The molecular weight excluding hydrogens is 207 g/mol. The van der Waals surface area contributed by atoms with Crippen LogP contribution in [0.5, 0.6) is 0 Å². The zero-order valence-electron chi connectivity index (χ0n) is 9.21. The quantitative estimate of drug-likeness (QED) is 0.762. The highest BCUT2D eigenvalue weighted by Gasteiger charge is 2.14. The smallest absolute Gasteiger partial charge is 0.146 e. The molecule has 3 N–H and O–H groups in total. The Morgan fingerprint density at radius 2 is 2.38 bits per heavy atom. The van der Waals surface area contributed by atoms with E-state index in [1.165, 1.54) is 6.07 Å². The van der Waals surface area contributed by atoms with E-state index in [0.29, 0.717) is 12.5 Å². The first kappa shape index (κ1) is 11.4. The lowest BCUT2D eigenvalue weighted by Crippen LogP contribution is -2.22. The molecule has 0 saturated carbocycles. The van der Waals surface area contributed by atoms with Gasteiger partial charge in [0, 0.05) is 19.7 Å². The van der Waals surface area contributed by atoms with Gasteiger partial charge in [0.25, 0.3) is 0 Å². The number of ether oxygens (including phenoxy) is 1. The zero-order chi connectivity index (χ0) is 11.4. The molecule has 0 aromatic heterocycles. The van der Waals surface area contributed by atoms with Crippen molar-refractivity contribution in [3.05, 3.63) is 29.6 Å². The van der Waals surface area contributed by atoms with Gasteiger partial charge in [0.05, 0.1) is 12.3 Å². The molecular formula is C12H17FN2O. The average Bonchev–Trinajstić information content (AvgIpc) is 2.76. The first-order valence-electron chi connectivity index (χ1n) is 5.58. The van der Waals surface area contributed by atoms with Crippen LogP contribution in [0.15, 0.2) is 18.2 Å². The molecule has 1 aliphatic heterocycles. The van der Waals surface area contributed by atoms with Crippen molar-refractivity contribution < 1.29 is 9.13 Å². The Morgan fingerprint density at radius 3 is 3.06 bits per heavy atom. The van der Waals surface area contributed by atoms with Gasteiger partial charge in [-0.2, -0.15) is 0 Å². The molecule has 1 atom stereocenters. The van der Waals surface area contributed by atoms with E-state index in [1.807, 2.05) is 6.07 Å². The predicted octanol–water partition coefficient (Wildman–Crippen LogP) is 1.53. The molecule has 3 nitrogen and oxygen atoms in total. The van der Waals surface area contributed by atoms with Crippen molar-refractivity contribution in [3.63, 3.8) is 0 Å². The second kappa shape index (κ2) is 5.27. The lowest BCUT2D eigenvalue weighted by molar-refractivity contribution is 0.185. The average molecular weight is 224 g/mol. The van der Waals surface area contributed by atoms with Crippen molar-refractivity contribution in [2.45, 2.75) is 13.0 Å². The highest BCUT2D eigenvalue weighted by atomic mass is 19.1. The van der Waals surface area contributed by atoms with Crippen LogP contribution in [-0.2, 0) is 11.3 Å². The summed E-state index contributed by atoms with van der Waals surface area (Å²) in [4.78, 5) is 0. The van der Waals surface area contributed by atoms with E-state index < -0.39 is 0 Å². The summed E-state index contributed by atoms with van der Waals surface area (Å²) < 4.78 is 18.4. The van der Waals surface area contributed by atoms with Crippen molar-refractivity contribution in [3.8, 4) is 0 Å². The van der Waals surface area contributed by atoms with Crippen LogP contribution in [0, 0.1) is 11.7 Å². The van der Waals surface area contributed by atoms with Gasteiger partial charge in [0.2, 0.25) is 0 Å². The Kier molecular flexibility index (Phi) is 3.74. The molecule has 1 fully saturated rings. The molecule has 2 rings (SSSR count). The molecule has 0 radical (unpaired) electrons. The molecule has 1 heterocycles. The second-order valence-electron chi connectivity index (χ2n) is 4.22. The van der Waals surface area contributed by atoms with Crippen LogP contribution in [0.2, 0.25) is 0 Å². The summed E-state index contributed by atoms with van der Waals surface area (Å²) in [5.74, 6) is 0.252. The highest BCUT2D eigenvalue weighted by Crippen LogP contribution is 2.13. The summed E-state index contributed by atoms with van der Waals surface area (Å²) in [6.07, 6.45) is 1.11. The first-order valence-corrected chi connectivity index (χ1v) is 5.58. The van der Waals surface area contributed by atoms with Gasteiger partial charge in [-0.25, -0.2) is 4.39 Å². The normalized spacial score (nSPS) is 20.2. The fourth-order valence-corrected chi connectivity index (χ4v) is 1.85. The maximum atomic E-state index is 13.1. The number of nitrogens with two attached hydrogens (primary N) is 1. The van der Waals surface area contributed by atoms with Gasteiger partial charge in [-0.15, -0.1) is 0 Å². The van der Waals surface area contributed by atoms with Gasteiger partial charge in [-0.3, -0.25) is 0 Å². The lowest BCUT2D eigenvalue weighted by Gasteiger charge is -2.09. The highest BCUT2D eigenvalue weighted by molar-refractivity contribution is 5.41. The van der Waals surface area contributed by atoms with E-state index in [0.717, 1.165) is 31.7 Å². The molecule has 1 aliphatic rings. The number of halogens is 1. The molecule has 88 valence electrons. The molecule has 4 heteroatoms. The number of nitrogen functional groups attached to an aromatic ring is 1. The molecule has 1 aromatic rings. The standard InChI is InChI=1S/C12H17FN2O/c13-11-5-9(1-2-12(11)14)6-15-7-10-3-4-16-8-10/h1-2,5,10,15H,3-4,6-8,14H2. The number of hydrogen-bond acceptors (Lipinski definition) is 3. The molecule has 1 saturated heterocycles. The third-order valence-electron chi connectivity index (χ3n) is 2.85. The van der Waals surface area contributed by atoms with E-state index in [2.05, 4.69) is 5.32 Å². The van der Waals surface area contributed by atoms with Crippen LogP contribution in [0.25, 0.3) is 0 Å². The summed E-state index contributed by atoms with van der Waals surface area (Å²) in [6, 6.07) is 4.93. The monoisotopic (exact) mass is 224 g/mol. The van der Waals surface area contributed by atoms with Crippen LogP contribution in [0.4, 0.5) is 10.1 Å². The van der Waals surface area contributed by atoms with Crippen molar-refractivity contribution in [1.82, 2.24) is 5.32 Å². The Labute approximate surface area is 94.8 Å². The minimum atomic E-state index is -0.344. The number of anilines is 1. The van der Waals surface area contributed by atoms with Crippen LogP contribution < -0.4 is 11.1 Å². The van der Waals surface area contributed by atoms with Crippen molar-refractivity contribution in [2.75, 3.05) is 25.5 Å². The zero-order valence-corrected chi connectivity index (χ0v) is 9.21. The summed E-state index contributed by atoms with van der Waals surface area (Å²) in [7, 11) is 0.